The number of esters is 1. The summed E-state index contributed by atoms with van der Waals surface area (Å²) in [7, 11) is 2.85. The van der Waals surface area contributed by atoms with E-state index in [9.17, 15) is 33.9 Å². The lowest BCUT2D eigenvalue weighted by atomic mass is 10.1. The number of ether oxygens (including phenoxy) is 4. The SMILES string of the molecule is CCCCOC(=O)[C@@H](NC(=O)C(C)N(C)C(=O)OC(C)(C)C)[C@@H](C)OCc1ccccc1.C[C@@H](O)[C@H](NC(=O)[C@H](C)N(C)C(=O)OC(C)(C)C)C(=O)O. The minimum atomic E-state index is -1.44. The van der Waals surface area contributed by atoms with Crippen molar-refractivity contribution in [3.63, 3.8) is 0 Å². The number of hydrogen-bond donors (Lipinski definition) is 4. The van der Waals surface area contributed by atoms with Crippen LogP contribution in [0.2, 0.25) is 0 Å². The zero-order valence-electron chi connectivity index (χ0n) is 33.6. The lowest BCUT2D eigenvalue weighted by Gasteiger charge is -2.30. The molecule has 0 fully saturated rings. The first-order chi connectivity index (χ1) is 24.3. The Morgan fingerprint density at radius 2 is 1.19 bits per heavy atom. The van der Waals surface area contributed by atoms with Crippen LogP contribution in [0.15, 0.2) is 30.3 Å². The number of aliphatic hydroxyl groups excluding tert-OH is 1. The lowest BCUT2D eigenvalue weighted by Crippen LogP contribution is -2.55. The maximum Gasteiger partial charge on any atom is 0.410 e. The Balaban J connectivity index is 0.00000112. The van der Waals surface area contributed by atoms with Gasteiger partial charge in [0.1, 0.15) is 23.3 Å². The number of nitrogens with one attached hydrogen (secondary N) is 2. The maximum absolute atomic E-state index is 12.9. The number of hydrogen-bond acceptors (Lipinski definition) is 11. The monoisotopic (exact) mass is 754 g/mol. The highest BCUT2D eigenvalue weighted by Crippen LogP contribution is 2.13. The van der Waals surface area contributed by atoms with Crippen LogP contribution in [-0.4, -0.2) is 124 Å². The molecule has 0 aromatic heterocycles. The fourth-order valence-electron chi connectivity index (χ4n) is 3.95. The van der Waals surface area contributed by atoms with Crippen LogP contribution in [0, 0.1) is 0 Å². The molecular weight excluding hydrogens is 692 g/mol. The van der Waals surface area contributed by atoms with E-state index in [1.165, 1.54) is 32.8 Å². The minimum absolute atomic E-state index is 0.264. The second-order valence-corrected chi connectivity index (χ2v) is 14.6. The third-order valence-electron chi connectivity index (χ3n) is 7.45. The Morgan fingerprint density at radius 1 is 0.755 bits per heavy atom. The molecule has 1 unspecified atom stereocenters. The molecule has 1 rings (SSSR count). The number of carboxylic acids is 1. The number of aliphatic carboxylic acids is 1. The molecule has 16 nitrogen and oxygen atoms in total. The van der Waals surface area contributed by atoms with E-state index in [1.807, 2.05) is 37.3 Å². The van der Waals surface area contributed by atoms with Gasteiger partial charge >= 0.3 is 24.1 Å². The molecule has 0 aliphatic carbocycles. The van der Waals surface area contributed by atoms with Crippen molar-refractivity contribution in [2.24, 2.45) is 0 Å². The van der Waals surface area contributed by atoms with Crippen LogP contribution in [0.5, 0.6) is 0 Å². The van der Waals surface area contributed by atoms with Crippen LogP contribution in [0.4, 0.5) is 9.59 Å². The van der Waals surface area contributed by atoms with Crippen molar-refractivity contribution in [1.29, 1.82) is 0 Å². The Morgan fingerprint density at radius 3 is 1.57 bits per heavy atom. The van der Waals surface area contributed by atoms with E-state index in [-0.39, 0.29) is 13.2 Å². The average molecular weight is 755 g/mol. The highest BCUT2D eigenvalue weighted by molar-refractivity contribution is 5.90. The van der Waals surface area contributed by atoms with Gasteiger partial charge in [-0.1, -0.05) is 43.7 Å². The first-order valence-corrected chi connectivity index (χ1v) is 17.6. The zero-order valence-corrected chi connectivity index (χ0v) is 33.6. The van der Waals surface area contributed by atoms with Crippen LogP contribution >= 0.6 is 0 Å². The summed E-state index contributed by atoms with van der Waals surface area (Å²) in [5.41, 5.74) is -0.445. The predicted molar refractivity (Wildman–Crippen MR) is 197 cm³/mol. The summed E-state index contributed by atoms with van der Waals surface area (Å²) in [6.45, 7) is 18.8. The van der Waals surface area contributed by atoms with Crippen LogP contribution in [-0.2, 0) is 44.7 Å². The van der Waals surface area contributed by atoms with Gasteiger partial charge in [-0.3, -0.25) is 19.4 Å². The Hall–Kier alpha value is -4.44. The molecule has 0 bridgehead atoms. The molecule has 0 spiro atoms. The number of carboxylic acid groups (broad SMARTS) is 1. The van der Waals surface area contributed by atoms with E-state index in [0.29, 0.717) is 0 Å². The van der Waals surface area contributed by atoms with Crippen molar-refractivity contribution in [3.8, 4) is 0 Å². The topological polar surface area (TPSA) is 210 Å². The molecule has 0 radical (unpaired) electrons. The molecule has 0 aliphatic rings. The molecule has 53 heavy (non-hydrogen) atoms. The van der Waals surface area contributed by atoms with Crippen molar-refractivity contribution in [2.75, 3.05) is 20.7 Å². The number of carbonyl (C=O) groups is 6. The number of unbranched alkanes of at least 4 members (excludes halogenated alkanes) is 1. The predicted octanol–water partition coefficient (Wildman–Crippen LogP) is 3.87. The number of nitrogens with zero attached hydrogens (tertiary/aromatic N) is 2. The van der Waals surface area contributed by atoms with E-state index < -0.39 is 83.5 Å². The average Bonchev–Trinajstić information content (AvgIpc) is 3.05. The van der Waals surface area contributed by atoms with Crippen LogP contribution in [0.25, 0.3) is 0 Å². The smallest absolute Gasteiger partial charge is 0.410 e. The summed E-state index contributed by atoms with van der Waals surface area (Å²) < 4.78 is 21.6. The molecule has 1 aromatic carbocycles. The van der Waals surface area contributed by atoms with Crippen LogP contribution in [0.3, 0.4) is 0 Å². The van der Waals surface area contributed by atoms with Crippen LogP contribution in [0.1, 0.15) is 94.6 Å². The summed E-state index contributed by atoms with van der Waals surface area (Å²) in [6, 6.07) is 5.27. The molecule has 0 saturated heterocycles. The number of carbonyl (C=O) groups excluding carboxylic acids is 5. The van der Waals surface area contributed by atoms with E-state index in [4.69, 9.17) is 24.1 Å². The summed E-state index contributed by atoms with van der Waals surface area (Å²) >= 11 is 0. The number of benzene rings is 1. The highest BCUT2D eigenvalue weighted by Gasteiger charge is 2.34. The van der Waals surface area contributed by atoms with Crippen molar-refractivity contribution < 1.29 is 57.9 Å². The molecule has 0 aliphatic heterocycles. The molecule has 6 atom stereocenters. The van der Waals surface area contributed by atoms with Gasteiger partial charge in [0, 0.05) is 14.1 Å². The summed E-state index contributed by atoms with van der Waals surface area (Å²) in [4.78, 5) is 74.8. The van der Waals surface area contributed by atoms with E-state index in [2.05, 4.69) is 10.6 Å². The Bertz CT molecular complexity index is 1330. The Labute approximate surface area is 313 Å². The van der Waals surface area contributed by atoms with Crippen molar-refractivity contribution in [1.82, 2.24) is 20.4 Å². The summed E-state index contributed by atoms with van der Waals surface area (Å²) in [6.07, 6.45) is -1.63. The summed E-state index contributed by atoms with van der Waals surface area (Å²) in [5, 5.41) is 23.1. The van der Waals surface area contributed by atoms with Gasteiger partial charge in [0.05, 0.1) is 25.4 Å². The standard InChI is InChI=1S/C24H38N2O6.C13H24N2O6/c1-8-9-15-30-22(28)20(18(3)31-16-19-13-11-10-12-14-19)25-21(27)17(2)26(7)23(29)32-24(4,5)6;1-7(15(6)12(20)21-13(3,4)5)10(17)14-9(8(2)16)11(18)19/h10-14,17-18,20H,8-9,15-16H2,1-7H3,(H,25,27);7-9,16H,1-6H3,(H,14,17)(H,18,19)/t17?,18-,20+;7-,8+,9-/m10/s1. The molecule has 16 heteroatoms. The van der Waals surface area contributed by atoms with Gasteiger partial charge < -0.3 is 39.8 Å². The molecular formula is C37H62N4O12. The van der Waals surface area contributed by atoms with E-state index in [1.54, 1.807) is 55.4 Å². The van der Waals surface area contributed by atoms with E-state index >= 15 is 0 Å². The number of likely N-dealkylation sites (N-methyl/N-ethyl adjacent to an activating group) is 2. The summed E-state index contributed by atoms with van der Waals surface area (Å²) in [5.74, 6) is -3.13. The van der Waals surface area contributed by atoms with E-state index in [0.717, 1.165) is 23.3 Å². The quantitative estimate of drug-likeness (QED) is 0.108. The molecule has 302 valence electrons. The third-order valence-corrected chi connectivity index (χ3v) is 7.45. The Kier molecular flexibility index (Phi) is 20.7. The first kappa shape index (κ1) is 48.6. The third kappa shape index (κ3) is 19.3. The molecule has 0 saturated carbocycles. The second-order valence-electron chi connectivity index (χ2n) is 14.6. The second kappa shape index (κ2) is 22.6. The number of amides is 4. The normalized spacial score (nSPS) is 14.7. The highest BCUT2D eigenvalue weighted by atomic mass is 16.6. The van der Waals surface area contributed by atoms with Crippen molar-refractivity contribution in [2.45, 2.75) is 143 Å². The molecule has 1 aromatic rings. The minimum Gasteiger partial charge on any atom is -0.480 e. The van der Waals surface area contributed by atoms with Gasteiger partial charge in [-0.25, -0.2) is 19.2 Å². The number of aliphatic hydroxyl groups is 1. The van der Waals surface area contributed by atoms with Gasteiger partial charge in [0.15, 0.2) is 12.1 Å². The lowest BCUT2D eigenvalue weighted by molar-refractivity contribution is -0.153. The van der Waals surface area contributed by atoms with Gasteiger partial charge in [-0.05, 0) is 81.2 Å². The fraction of sp³-hybridized carbons (Fsp3) is 0.676. The molecule has 4 N–H and O–H groups in total. The van der Waals surface area contributed by atoms with Gasteiger partial charge in [0.25, 0.3) is 0 Å². The first-order valence-electron chi connectivity index (χ1n) is 17.6. The van der Waals surface area contributed by atoms with Crippen molar-refractivity contribution >= 4 is 35.9 Å². The van der Waals surface area contributed by atoms with Crippen molar-refractivity contribution in [3.05, 3.63) is 35.9 Å². The largest absolute Gasteiger partial charge is 0.480 e. The van der Waals surface area contributed by atoms with Crippen LogP contribution < -0.4 is 10.6 Å². The zero-order chi connectivity index (χ0) is 41.3. The van der Waals surface area contributed by atoms with Gasteiger partial charge in [-0.15, -0.1) is 0 Å². The fourth-order valence-corrected chi connectivity index (χ4v) is 3.95. The maximum atomic E-state index is 12.9. The molecule has 4 amide bonds. The molecule has 0 heterocycles. The van der Waals surface area contributed by atoms with Gasteiger partial charge in [0.2, 0.25) is 11.8 Å². The van der Waals surface area contributed by atoms with Gasteiger partial charge in [-0.2, -0.15) is 0 Å². The number of rotatable bonds is 16.